The molecule has 4 fully saturated rings. The molecule has 18 heavy (non-hydrogen) atoms. The fraction of sp³-hybridized carbons (Fsp3) is 0.933. The summed E-state index contributed by atoms with van der Waals surface area (Å²) in [5, 5.41) is 0. The van der Waals surface area contributed by atoms with E-state index >= 15 is 0 Å². The minimum Gasteiger partial charge on any atom is -0.339 e. The molecule has 0 aliphatic carbocycles. The highest BCUT2D eigenvalue weighted by Gasteiger charge is 2.50. The Morgan fingerprint density at radius 3 is 2.72 bits per heavy atom. The van der Waals surface area contributed by atoms with Crippen LogP contribution in [-0.2, 0) is 4.79 Å². The van der Waals surface area contributed by atoms with Gasteiger partial charge in [-0.2, -0.15) is 0 Å². The first-order chi connectivity index (χ1) is 8.84. The predicted molar refractivity (Wildman–Crippen MR) is 70.2 cm³/mol. The highest BCUT2D eigenvalue weighted by Crippen LogP contribution is 2.44. The van der Waals surface area contributed by atoms with Crippen molar-refractivity contribution in [3.05, 3.63) is 0 Å². The molecule has 4 heterocycles. The van der Waals surface area contributed by atoms with Crippen LogP contribution >= 0.6 is 0 Å². The van der Waals surface area contributed by atoms with E-state index in [-0.39, 0.29) is 0 Å². The number of fused-ring (bicyclic) bond motifs is 2. The lowest BCUT2D eigenvalue weighted by Gasteiger charge is -2.58. The molecule has 3 unspecified atom stereocenters. The molecule has 0 bridgehead atoms. The molecular formula is C15H24N2O. The molecule has 0 spiro atoms. The van der Waals surface area contributed by atoms with Crippen molar-refractivity contribution in [3.63, 3.8) is 0 Å². The molecular weight excluding hydrogens is 224 g/mol. The van der Waals surface area contributed by atoms with E-state index < -0.39 is 0 Å². The molecule has 4 aliphatic rings. The highest BCUT2D eigenvalue weighted by molar-refractivity contribution is 5.77. The van der Waals surface area contributed by atoms with Crippen molar-refractivity contribution in [2.75, 3.05) is 19.6 Å². The minimum atomic E-state index is 0.451. The van der Waals surface area contributed by atoms with Gasteiger partial charge < -0.3 is 4.90 Å². The fourth-order valence-corrected chi connectivity index (χ4v) is 5.26. The second kappa shape index (κ2) is 4.22. The van der Waals surface area contributed by atoms with Crippen LogP contribution in [0.25, 0.3) is 0 Å². The maximum Gasteiger partial charge on any atom is 0.222 e. The lowest BCUT2D eigenvalue weighted by molar-refractivity contribution is -0.150. The van der Waals surface area contributed by atoms with Crippen LogP contribution in [0.15, 0.2) is 0 Å². The van der Waals surface area contributed by atoms with Gasteiger partial charge in [-0.05, 0) is 63.5 Å². The highest BCUT2D eigenvalue weighted by atomic mass is 16.2. The summed E-state index contributed by atoms with van der Waals surface area (Å²) in [6.07, 6.45) is 8.64. The van der Waals surface area contributed by atoms with Gasteiger partial charge in [-0.15, -0.1) is 0 Å². The molecule has 3 heteroatoms. The monoisotopic (exact) mass is 248 g/mol. The van der Waals surface area contributed by atoms with Gasteiger partial charge in [-0.3, -0.25) is 9.69 Å². The van der Waals surface area contributed by atoms with E-state index in [1.807, 2.05) is 0 Å². The van der Waals surface area contributed by atoms with Crippen molar-refractivity contribution in [2.24, 2.45) is 11.8 Å². The Bertz CT molecular complexity index is 354. The van der Waals surface area contributed by atoms with E-state index in [9.17, 15) is 4.79 Å². The number of carbonyl (C=O) groups is 1. The minimum absolute atomic E-state index is 0.451. The Balaban J connectivity index is 1.66. The summed E-state index contributed by atoms with van der Waals surface area (Å²) < 4.78 is 0. The first kappa shape index (κ1) is 11.3. The zero-order valence-corrected chi connectivity index (χ0v) is 11.2. The van der Waals surface area contributed by atoms with Gasteiger partial charge in [0.05, 0.1) is 0 Å². The average Bonchev–Trinajstić information content (AvgIpc) is 2.41. The van der Waals surface area contributed by atoms with Crippen molar-refractivity contribution in [1.29, 1.82) is 0 Å². The standard InChI is InChI=1S/C15H24N2O/c18-14-7-1-6-13-12-5-3-9-16-8-2-4-11(15(12)16)10-17(13)14/h11-13,15H,1-10H2/t11?,12?,13-,15?/m0/s1. The number of rotatable bonds is 0. The van der Waals surface area contributed by atoms with E-state index in [4.69, 9.17) is 0 Å². The summed E-state index contributed by atoms with van der Waals surface area (Å²) in [6, 6.07) is 1.41. The third kappa shape index (κ3) is 1.56. The van der Waals surface area contributed by atoms with Crippen molar-refractivity contribution < 1.29 is 4.79 Å². The van der Waals surface area contributed by atoms with E-state index in [1.165, 1.54) is 45.2 Å². The number of hydrogen-bond acceptors (Lipinski definition) is 2. The van der Waals surface area contributed by atoms with Crippen LogP contribution in [0.1, 0.15) is 44.9 Å². The molecule has 3 nitrogen and oxygen atoms in total. The fourth-order valence-electron chi connectivity index (χ4n) is 5.26. The van der Waals surface area contributed by atoms with Crippen LogP contribution in [0.2, 0.25) is 0 Å². The molecule has 1 amide bonds. The van der Waals surface area contributed by atoms with E-state index in [1.54, 1.807) is 0 Å². The number of piperidine rings is 4. The maximum atomic E-state index is 12.2. The Morgan fingerprint density at radius 1 is 1.00 bits per heavy atom. The first-order valence-electron chi connectivity index (χ1n) is 7.88. The average molecular weight is 248 g/mol. The van der Waals surface area contributed by atoms with Gasteiger partial charge in [0.2, 0.25) is 5.91 Å². The molecule has 0 radical (unpaired) electrons. The first-order valence-corrected chi connectivity index (χ1v) is 7.88. The van der Waals surface area contributed by atoms with Gasteiger partial charge in [-0.1, -0.05) is 0 Å². The van der Waals surface area contributed by atoms with Crippen molar-refractivity contribution in [3.8, 4) is 0 Å². The van der Waals surface area contributed by atoms with E-state index in [2.05, 4.69) is 9.80 Å². The summed E-state index contributed by atoms with van der Waals surface area (Å²) in [5.74, 6) is 2.02. The van der Waals surface area contributed by atoms with E-state index in [0.717, 1.165) is 37.3 Å². The largest absolute Gasteiger partial charge is 0.339 e. The Hall–Kier alpha value is -0.570. The van der Waals surface area contributed by atoms with Gasteiger partial charge >= 0.3 is 0 Å². The Kier molecular flexibility index (Phi) is 2.65. The van der Waals surface area contributed by atoms with Gasteiger partial charge in [0.15, 0.2) is 0 Å². The summed E-state index contributed by atoms with van der Waals surface area (Å²) in [5.41, 5.74) is 0. The molecule has 4 rings (SSSR count). The second-order valence-electron chi connectivity index (χ2n) is 6.74. The Labute approximate surface area is 110 Å². The molecule has 0 aromatic carbocycles. The predicted octanol–water partition coefficient (Wildman–Crippen LogP) is 1.87. The van der Waals surface area contributed by atoms with Crippen LogP contribution < -0.4 is 0 Å². The van der Waals surface area contributed by atoms with E-state index in [0.29, 0.717) is 11.9 Å². The second-order valence-corrected chi connectivity index (χ2v) is 6.74. The van der Waals surface area contributed by atoms with Gasteiger partial charge in [0.25, 0.3) is 0 Å². The third-order valence-corrected chi connectivity index (χ3v) is 5.88. The Morgan fingerprint density at radius 2 is 1.83 bits per heavy atom. The molecule has 0 saturated carbocycles. The molecule has 4 saturated heterocycles. The molecule has 4 atom stereocenters. The SMILES string of the molecule is O=C1CCC[C@H]2C3CCCN4CCCC(CN12)C34. The van der Waals surface area contributed by atoms with Crippen LogP contribution in [0.3, 0.4) is 0 Å². The topological polar surface area (TPSA) is 23.6 Å². The number of amides is 1. The quantitative estimate of drug-likeness (QED) is 0.653. The summed E-state index contributed by atoms with van der Waals surface area (Å²) in [7, 11) is 0. The zero-order chi connectivity index (χ0) is 12.1. The summed E-state index contributed by atoms with van der Waals surface area (Å²) in [4.78, 5) is 17.2. The number of nitrogens with zero attached hydrogens (tertiary/aromatic N) is 2. The number of hydrogen-bond donors (Lipinski definition) is 0. The molecule has 4 aliphatic heterocycles. The van der Waals surface area contributed by atoms with Gasteiger partial charge in [0, 0.05) is 25.0 Å². The van der Waals surface area contributed by atoms with Gasteiger partial charge in [0.1, 0.15) is 0 Å². The van der Waals surface area contributed by atoms with Gasteiger partial charge in [-0.25, -0.2) is 0 Å². The van der Waals surface area contributed by atoms with Crippen LogP contribution in [0.5, 0.6) is 0 Å². The molecule has 0 N–H and O–H groups in total. The molecule has 0 aromatic heterocycles. The lowest BCUT2D eigenvalue weighted by Crippen LogP contribution is -2.66. The van der Waals surface area contributed by atoms with Crippen LogP contribution in [-0.4, -0.2) is 47.4 Å². The summed E-state index contributed by atoms with van der Waals surface area (Å²) >= 11 is 0. The number of carbonyl (C=O) groups excluding carboxylic acids is 1. The zero-order valence-electron chi connectivity index (χ0n) is 11.2. The summed E-state index contributed by atoms with van der Waals surface area (Å²) in [6.45, 7) is 3.71. The lowest BCUT2D eigenvalue weighted by atomic mass is 9.68. The third-order valence-electron chi connectivity index (χ3n) is 5.88. The van der Waals surface area contributed by atoms with Crippen molar-refractivity contribution in [2.45, 2.75) is 57.0 Å². The molecule has 0 aromatic rings. The van der Waals surface area contributed by atoms with Crippen molar-refractivity contribution in [1.82, 2.24) is 9.80 Å². The van der Waals surface area contributed by atoms with Crippen molar-refractivity contribution >= 4 is 5.91 Å². The van der Waals surface area contributed by atoms with Crippen LogP contribution in [0, 0.1) is 11.8 Å². The molecule has 100 valence electrons. The maximum absolute atomic E-state index is 12.2. The normalized spacial score (nSPS) is 44.4. The van der Waals surface area contributed by atoms with Crippen LogP contribution in [0.4, 0.5) is 0 Å². The smallest absolute Gasteiger partial charge is 0.222 e.